The Morgan fingerprint density at radius 1 is 1.44 bits per heavy atom. The Hall–Kier alpha value is -0.870. The second-order valence-corrected chi connectivity index (χ2v) is 5.98. The zero-order chi connectivity index (χ0) is 13.6. The number of rotatable bonds is 8. The van der Waals surface area contributed by atoms with Gasteiger partial charge in [0.2, 0.25) is 0 Å². The van der Waals surface area contributed by atoms with E-state index in [4.69, 9.17) is 5.11 Å². The van der Waals surface area contributed by atoms with Gasteiger partial charge in [-0.2, -0.15) is 0 Å². The summed E-state index contributed by atoms with van der Waals surface area (Å²) in [6, 6.07) is 0.451. The van der Waals surface area contributed by atoms with Gasteiger partial charge in [-0.1, -0.05) is 13.8 Å². The third-order valence-corrected chi connectivity index (χ3v) is 3.22. The Morgan fingerprint density at radius 2 is 2.17 bits per heavy atom. The highest BCUT2D eigenvalue weighted by Crippen LogP contribution is 2.21. The minimum atomic E-state index is 0.228. The molecular weight excluding hydrogens is 226 g/mol. The molecular formula is C14H27N3O. The van der Waals surface area contributed by atoms with Gasteiger partial charge in [0.1, 0.15) is 0 Å². The van der Waals surface area contributed by atoms with E-state index in [1.807, 2.05) is 12.5 Å². The molecule has 0 amide bonds. The van der Waals surface area contributed by atoms with Crippen LogP contribution in [-0.4, -0.2) is 27.8 Å². The van der Waals surface area contributed by atoms with Gasteiger partial charge in [0.25, 0.3) is 0 Å². The summed E-state index contributed by atoms with van der Waals surface area (Å²) in [5.74, 6) is 0. The first kappa shape index (κ1) is 15.2. The molecule has 0 atom stereocenters. The molecule has 0 bridgehead atoms. The Balaban J connectivity index is 2.39. The van der Waals surface area contributed by atoms with Crippen LogP contribution in [-0.2, 0) is 6.54 Å². The van der Waals surface area contributed by atoms with Gasteiger partial charge in [0.15, 0.2) is 0 Å². The fourth-order valence-electron chi connectivity index (χ4n) is 2.11. The maximum atomic E-state index is 8.87. The molecule has 0 saturated heterocycles. The molecule has 0 aliphatic rings. The third kappa shape index (κ3) is 4.78. The predicted molar refractivity (Wildman–Crippen MR) is 74.4 cm³/mol. The van der Waals surface area contributed by atoms with E-state index in [9.17, 15) is 0 Å². The summed E-state index contributed by atoms with van der Waals surface area (Å²) in [5, 5.41) is 12.4. The van der Waals surface area contributed by atoms with Gasteiger partial charge in [-0.25, -0.2) is 4.98 Å². The lowest BCUT2D eigenvalue weighted by molar-refractivity contribution is 0.236. The van der Waals surface area contributed by atoms with Crippen LogP contribution < -0.4 is 5.32 Å². The van der Waals surface area contributed by atoms with Crippen molar-refractivity contribution in [1.29, 1.82) is 0 Å². The molecule has 2 N–H and O–H groups in total. The van der Waals surface area contributed by atoms with E-state index in [1.165, 1.54) is 5.69 Å². The van der Waals surface area contributed by atoms with Crippen LogP contribution in [0, 0.1) is 5.41 Å². The Kier molecular flexibility index (Phi) is 5.82. The zero-order valence-electron chi connectivity index (χ0n) is 12.1. The van der Waals surface area contributed by atoms with E-state index >= 15 is 0 Å². The lowest BCUT2D eigenvalue weighted by Gasteiger charge is -2.25. The summed E-state index contributed by atoms with van der Waals surface area (Å²) in [4.78, 5) is 4.20. The van der Waals surface area contributed by atoms with Crippen LogP contribution in [0.2, 0.25) is 0 Å². The normalized spacial score (nSPS) is 12.3. The predicted octanol–water partition coefficient (Wildman–Crippen LogP) is 2.35. The van der Waals surface area contributed by atoms with Crippen molar-refractivity contribution in [2.75, 3.05) is 13.2 Å². The van der Waals surface area contributed by atoms with Gasteiger partial charge in [0.05, 0.1) is 12.0 Å². The molecule has 1 aromatic heterocycles. The van der Waals surface area contributed by atoms with Crippen molar-refractivity contribution in [3.63, 3.8) is 0 Å². The van der Waals surface area contributed by atoms with Crippen molar-refractivity contribution in [3.05, 3.63) is 18.2 Å². The molecule has 4 nitrogen and oxygen atoms in total. The van der Waals surface area contributed by atoms with Gasteiger partial charge in [-0.15, -0.1) is 0 Å². The van der Waals surface area contributed by atoms with Crippen LogP contribution in [0.3, 0.4) is 0 Å². The molecule has 0 spiro atoms. The van der Waals surface area contributed by atoms with Gasteiger partial charge in [-0.05, 0) is 32.1 Å². The topological polar surface area (TPSA) is 50.1 Å². The Bertz CT molecular complexity index is 345. The summed E-state index contributed by atoms with van der Waals surface area (Å²) in [5.41, 5.74) is 1.45. The molecule has 0 fully saturated rings. The molecule has 0 aliphatic carbocycles. The van der Waals surface area contributed by atoms with E-state index in [-0.39, 0.29) is 12.0 Å². The van der Waals surface area contributed by atoms with Gasteiger partial charge in [-0.3, -0.25) is 0 Å². The highest BCUT2D eigenvalue weighted by Gasteiger charge is 2.17. The van der Waals surface area contributed by atoms with Gasteiger partial charge in [0, 0.05) is 31.9 Å². The van der Waals surface area contributed by atoms with Crippen LogP contribution in [0.4, 0.5) is 0 Å². The average Bonchev–Trinajstić information content (AvgIpc) is 2.74. The van der Waals surface area contributed by atoms with Crippen molar-refractivity contribution in [3.8, 4) is 0 Å². The SMILES string of the molecule is CC(C)n1cncc1CNCC(C)(C)CCCO. The van der Waals surface area contributed by atoms with E-state index in [1.54, 1.807) is 0 Å². The van der Waals surface area contributed by atoms with Gasteiger partial charge >= 0.3 is 0 Å². The minimum Gasteiger partial charge on any atom is -0.396 e. The Morgan fingerprint density at radius 3 is 2.78 bits per heavy atom. The molecule has 18 heavy (non-hydrogen) atoms. The fourth-order valence-corrected chi connectivity index (χ4v) is 2.11. The molecule has 0 saturated carbocycles. The highest BCUT2D eigenvalue weighted by molar-refractivity contribution is 4.99. The lowest BCUT2D eigenvalue weighted by atomic mass is 9.88. The number of hydrogen-bond donors (Lipinski definition) is 2. The average molecular weight is 253 g/mol. The van der Waals surface area contributed by atoms with E-state index in [2.05, 4.69) is 42.6 Å². The molecule has 0 aliphatic heterocycles. The monoisotopic (exact) mass is 253 g/mol. The van der Waals surface area contributed by atoms with Crippen LogP contribution in [0.5, 0.6) is 0 Å². The number of imidazole rings is 1. The van der Waals surface area contributed by atoms with Crippen molar-refractivity contribution < 1.29 is 5.11 Å². The van der Waals surface area contributed by atoms with Crippen LogP contribution in [0.25, 0.3) is 0 Å². The molecule has 104 valence electrons. The first-order valence-corrected chi connectivity index (χ1v) is 6.78. The molecule has 4 heteroatoms. The summed E-state index contributed by atoms with van der Waals surface area (Å²) in [6.07, 6.45) is 5.73. The van der Waals surface area contributed by atoms with E-state index < -0.39 is 0 Å². The summed E-state index contributed by atoms with van der Waals surface area (Å²) in [7, 11) is 0. The summed E-state index contributed by atoms with van der Waals surface area (Å²) in [6.45, 7) is 10.9. The third-order valence-electron chi connectivity index (χ3n) is 3.22. The first-order valence-electron chi connectivity index (χ1n) is 6.78. The first-order chi connectivity index (χ1) is 8.46. The van der Waals surface area contributed by atoms with Crippen molar-refractivity contribution in [1.82, 2.24) is 14.9 Å². The lowest BCUT2D eigenvalue weighted by Crippen LogP contribution is -2.30. The largest absolute Gasteiger partial charge is 0.396 e. The second kappa shape index (κ2) is 6.90. The number of nitrogens with zero attached hydrogens (tertiary/aromatic N) is 2. The molecule has 1 aromatic rings. The maximum absolute atomic E-state index is 8.87. The molecule has 0 aromatic carbocycles. The zero-order valence-corrected chi connectivity index (χ0v) is 12.1. The van der Waals surface area contributed by atoms with Crippen LogP contribution in [0.15, 0.2) is 12.5 Å². The van der Waals surface area contributed by atoms with E-state index in [0.717, 1.165) is 25.9 Å². The minimum absolute atomic E-state index is 0.228. The van der Waals surface area contributed by atoms with Gasteiger partial charge < -0.3 is 15.0 Å². The van der Waals surface area contributed by atoms with Crippen molar-refractivity contribution in [2.24, 2.45) is 5.41 Å². The Labute approximate surface area is 110 Å². The molecule has 1 rings (SSSR count). The van der Waals surface area contributed by atoms with Crippen LogP contribution >= 0.6 is 0 Å². The fraction of sp³-hybridized carbons (Fsp3) is 0.786. The summed E-state index contributed by atoms with van der Waals surface area (Å²) < 4.78 is 2.19. The molecule has 0 unspecified atom stereocenters. The smallest absolute Gasteiger partial charge is 0.0951 e. The number of nitrogens with one attached hydrogen (secondary N) is 1. The maximum Gasteiger partial charge on any atom is 0.0951 e. The number of aliphatic hydroxyl groups excluding tert-OH is 1. The quantitative estimate of drug-likeness (QED) is 0.747. The highest BCUT2D eigenvalue weighted by atomic mass is 16.2. The van der Waals surface area contributed by atoms with Crippen molar-refractivity contribution in [2.45, 2.75) is 53.1 Å². The molecule has 1 heterocycles. The van der Waals surface area contributed by atoms with E-state index in [0.29, 0.717) is 6.04 Å². The standard InChI is InChI=1S/C14H27N3O/c1-12(2)17-11-16-9-13(17)8-15-10-14(3,4)6-5-7-18/h9,11-12,15,18H,5-8,10H2,1-4H3. The van der Waals surface area contributed by atoms with Crippen molar-refractivity contribution >= 4 is 0 Å². The summed E-state index contributed by atoms with van der Waals surface area (Å²) >= 11 is 0. The second-order valence-electron chi connectivity index (χ2n) is 5.98. The number of aromatic nitrogens is 2. The number of aliphatic hydroxyl groups is 1. The molecule has 0 radical (unpaired) electrons. The van der Waals surface area contributed by atoms with Crippen LogP contribution in [0.1, 0.15) is 52.3 Å². The number of hydrogen-bond acceptors (Lipinski definition) is 3.